The summed E-state index contributed by atoms with van der Waals surface area (Å²) in [5, 5.41) is 1.16. The van der Waals surface area contributed by atoms with Gasteiger partial charge in [0.25, 0.3) is 0 Å². The number of nitrogens with zero attached hydrogens (tertiary/aromatic N) is 1. The number of aryl methyl sites for hydroxylation is 2. The molecule has 1 aromatic heterocycles. The molecule has 19 heavy (non-hydrogen) atoms. The largest absolute Gasteiger partial charge is 0.399 e. The fourth-order valence-electron chi connectivity index (χ4n) is 2.30. The Morgan fingerprint density at radius 3 is 2.58 bits per heavy atom. The molecule has 2 N–H and O–H groups in total. The average Bonchev–Trinajstić information content (AvgIpc) is 2.75. The number of hydrogen-bond donors (Lipinski definition) is 1. The topological polar surface area (TPSA) is 38.9 Å². The summed E-state index contributed by atoms with van der Waals surface area (Å²) in [5.41, 5.74) is 11.5. The highest BCUT2D eigenvalue weighted by Crippen LogP contribution is 2.27. The van der Waals surface area contributed by atoms with Gasteiger partial charge in [-0.05, 0) is 48.7 Å². The van der Waals surface area contributed by atoms with Gasteiger partial charge in [-0.15, -0.1) is 11.3 Å². The summed E-state index contributed by atoms with van der Waals surface area (Å²) >= 11 is 1.78. The van der Waals surface area contributed by atoms with Crippen molar-refractivity contribution in [3.8, 4) is 0 Å². The minimum atomic E-state index is 0.805. The number of thiazole rings is 1. The van der Waals surface area contributed by atoms with Crippen LogP contribution in [0, 0.1) is 13.8 Å². The van der Waals surface area contributed by atoms with Crippen molar-refractivity contribution in [2.24, 2.45) is 0 Å². The molecule has 0 amide bonds. The van der Waals surface area contributed by atoms with E-state index < -0.39 is 0 Å². The highest BCUT2D eigenvalue weighted by atomic mass is 32.1. The van der Waals surface area contributed by atoms with Crippen molar-refractivity contribution >= 4 is 27.2 Å². The maximum absolute atomic E-state index is 5.70. The van der Waals surface area contributed by atoms with E-state index >= 15 is 0 Å². The molecule has 96 valence electrons. The number of anilines is 1. The summed E-state index contributed by atoms with van der Waals surface area (Å²) in [6.07, 6.45) is 0.873. The van der Waals surface area contributed by atoms with Gasteiger partial charge in [0.2, 0.25) is 0 Å². The number of nitrogen functional groups attached to an aromatic ring is 1. The van der Waals surface area contributed by atoms with Gasteiger partial charge >= 0.3 is 0 Å². The molecule has 0 atom stereocenters. The molecule has 2 aromatic carbocycles. The maximum Gasteiger partial charge on any atom is 0.0982 e. The first-order valence-corrected chi connectivity index (χ1v) is 7.14. The van der Waals surface area contributed by atoms with Crippen LogP contribution in [0.4, 0.5) is 5.69 Å². The number of aromatic nitrogens is 1. The normalized spacial score (nSPS) is 11.1. The Hall–Kier alpha value is -1.87. The molecule has 0 fully saturated rings. The summed E-state index contributed by atoms with van der Waals surface area (Å²) in [7, 11) is 0. The molecule has 0 spiro atoms. The summed E-state index contributed by atoms with van der Waals surface area (Å²) in [6, 6.07) is 12.4. The number of fused-ring (bicyclic) bond motifs is 1. The summed E-state index contributed by atoms with van der Waals surface area (Å²) in [5.74, 6) is 0. The minimum absolute atomic E-state index is 0.805. The quantitative estimate of drug-likeness (QED) is 0.711. The predicted octanol–water partition coefficient (Wildman–Crippen LogP) is 4.09. The van der Waals surface area contributed by atoms with Gasteiger partial charge in [0.05, 0.1) is 15.2 Å². The zero-order valence-corrected chi connectivity index (χ0v) is 11.9. The first-order chi connectivity index (χ1) is 9.11. The first kappa shape index (κ1) is 12.2. The molecule has 0 unspecified atom stereocenters. The summed E-state index contributed by atoms with van der Waals surface area (Å²) in [6.45, 7) is 4.26. The Kier molecular flexibility index (Phi) is 2.99. The van der Waals surface area contributed by atoms with Crippen LogP contribution in [0.1, 0.15) is 21.7 Å². The Morgan fingerprint density at radius 1 is 1.11 bits per heavy atom. The van der Waals surface area contributed by atoms with Crippen molar-refractivity contribution in [1.29, 1.82) is 0 Å². The van der Waals surface area contributed by atoms with Crippen molar-refractivity contribution in [3.63, 3.8) is 0 Å². The first-order valence-electron chi connectivity index (χ1n) is 6.33. The van der Waals surface area contributed by atoms with Crippen molar-refractivity contribution in [2.45, 2.75) is 20.3 Å². The molecule has 0 aliphatic carbocycles. The Morgan fingerprint density at radius 2 is 1.84 bits per heavy atom. The predicted molar refractivity (Wildman–Crippen MR) is 82.8 cm³/mol. The smallest absolute Gasteiger partial charge is 0.0982 e. The number of benzene rings is 2. The van der Waals surface area contributed by atoms with E-state index in [0.717, 1.165) is 22.6 Å². The lowest BCUT2D eigenvalue weighted by Crippen LogP contribution is -1.89. The highest BCUT2D eigenvalue weighted by Gasteiger charge is 2.07. The lowest BCUT2D eigenvalue weighted by atomic mass is 10.1. The van der Waals surface area contributed by atoms with Gasteiger partial charge in [0.15, 0.2) is 0 Å². The van der Waals surface area contributed by atoms with Crippen LogP contribution in [0.15, 0.2) is 36.4 Å². The second-order valence-electron chi connectivity index (χ2n) is 4.95. The molecule has 0 radical (unpaired) electrons. The lowest BCUT2D eigenvalue weighted by molar-refractivity contribution is 1.15. The number of rotatable bonds is 2. The van der Waals surface area contributed by atoms with Gasteiger partial charge in [0.1, 0.15) is 0 Å². The van der Waals surface area contributed by atoms with Crippen LogP contribution in [0.2, 0.25) is 0 Å². The number of hydrogen-bond acceptors (Lipinski definition) is 3. The Labute approximate surface area is 116 Å². The second kappa shape index (κ2) is 4.67. The van der Waals surface area contributed by atoms with E-state index in [1.165, 1.54) is 21.4 Å². The van der Waals surface area contributed by atoms with Gasteiger partial charge in [-0.2, -0.15) is 0 Å². The molecule has 0 saturated carbocycles. The minimum Gasteiger partial charge on any atom is -0.399 e. The van der Waals surface area contributed by atoms with E-state index in [9.17, 15) is 0 Å². The molecule has 1 heterocycles. The van der Waals surface area contributed by atoms with Crippen LogP contribution in [-0.4, -0.2) is 4.98 Å². The number of nitrogens with two attached hydrogens (primary N) is 1. The van der Waals surface area contributed by atoms with Crippen LogP contribution in [0.5, 0.6) is 0 Å². The molecule has 0 bridgehead atoms. The van der Waals surface area contributed by atoms with E-state index in [4.69, 9.17) is 10.7 Å². The van der Waals surface area contributed by atoms with E-state index in [0.29, 0.717) is 0 Å². The third-order valence-corrected chi connectivity index (χ3v) is 4.21. The van der Waals surface area contributed by atoms with E-state index in [1.807, 2.05) is 12.1 Å². The molecule has 3 rings (SSSR count). The molecule has 2 nitrogen and oxygen atoms in total. The van der Waals surface area contributed by atoms with Gasteiger partial charge in [-0.1, -0.05) is 18.2 Å². The zero-order chi connectivity index (χ0) is 13.4. The zero-order valence-electron chi connectivity index (χ0n) is 11.1. The van der Waals surface area contributed by atoms with Crippen LogP contribution in [0.3, 0.4) is 0 Å². The third kappa shape index (κ3) is 2.47. The summed E-state index contributed by atoms with van der Waals surface area (Å²) < 4.78 is 1.28. The van der Waals surface area contributed by atoms with Crippen molar-refractivity contribution in [2.75, 3.05) is 5.73 Å². The molecule has 0 aliphatic heterocycles. The maximum atomic E-state index is 5.70. The van der Waals surface area contributed by atoms with E-state index in [-0.39, 0.29) is 0 Å². The van der Waals surface area contributed by atoms with Crippen molar-refractivity contribution < 1.29 is 0 Å². The SMILES string of the molecule is Cc1cc(C)c2nc(Cc3ccc(N)cc3)sc2c1. The van der Waals surface area contributed by atoms with E-state index in [1.54, 1.807) is 11.3 Å². The third-order valence-electron chi connectivity index (χ3n) is 3.21. The van der Waals surface area contributed by atoms with Crippen LogP contribution in [-0.2, 0) is 6.42 Å². The Balaban J connectivity index is 1.97. The Bertz CT molecular complexity index is 726. The monoisotopic (exact) mass is 268 g/mol. The van der Waals surface area contributed by atoms with Crippen LogP contribution >= 0.6 is 11.3 Å². The average molecular weight is 268 g/mol. The van der Waals surface area contributed by atoms with Gasteiger partial charge in [-0.3, -0.25) is 0 Å². The fourth-order valence-corrected chi connectivity index (χ4v) is 3.48. The van der Waals surface area contributed by atoms with E-state index in [2.05, 4.69) is 38.1 Å². The molecule has 0 aliphatic rings. The van der Waals surface area contributed by atoms with Crippen molar-refractivity contribution in [3.05, 3.63) is 58.1 Å². The molecule has 3 aromatic rings. The molecular formula is C16H16N2S. The van der Waals surface area contributed by atoms with Crippen molar-refractivity contribution in [1.82, 2.24) is 4.98 Å². The van der Waals surface area contributed by atoms with Gasteiger partial charge in [0, 0.05) is 12.1 Å². The molecule has 3 heteroatoms. The van der Waals surface area contributed by atoms with Gasteiger partial charge in [-0.25, -0.2) is 4.98 Å². The van der Waals surface area contributed by atoms with Crippen LogP contribution in [0.25, 0.3) is 10.2 Å². The highest BCUT2D eigenvalue weighted by molar-refractivity contribution is 7.18. The standard InChI is InChI=1S/C16H16N2S/c1-10-7-11(2)16-14(8-10)19-15(18-16)9-12-3-5-13(17)6-4-12/h3-8H,9,17H2,1-2H3. The van der Waals surface area contributed by atoms with Gasteiger partial charge < -0.3 is 5.73 Å². The second-order valence-corrected chi connectivity index (χ2v) is 6.07. The summed E-state index contributed by atoms with van der Waals surface area (Å²) in [4.78, 5) is 4.76. The lowest BCUT2D eigenvalue weighted by Gasteiger charge is -1.98. The molecule has 0 saturated heterocycles. The fraction of sp³-hybridized carbons (Fsp3) is 0.188. The van der Waals surface area contributed by atoms with Crippen LogP contribution < -0.4 is 5.73 Å². The molecular weight excluding hydrogens is 252 g/mol.